The van der Waals surface area contributed by atoms with Crippen molar-refractivity contribution in [3.05, 3.63) is 179 Å². The Hall–Kier alpha value is -8.75. The van der Waals surface area contributed by atoms with Crippen LogP contribution in [0, 0.1) is 12.7 Å². The third-order valence-corrected chi connectivity index (χ3v) is 12.6. The monoisotopic (exact) mass is 1070 g/mol. The minimum absolute atomic E-state index is 0.0199. The molecule has 20 heteroatoms. The predicted molar refractivity (Wildman–Crippen MR) is 299 cm³/mol. The number of rotatable bonds is 18. The van der Waals surface area contributed by atoms with Gasteiger partial charge in [-0.25, -0.2) is 33.7 Å². The molecule has 9 aromatic rings. The number of hydrogen-bond acceptors (Lipinski definition) is 12. The van der Waals surface area contributed by atoms with Crippen LogP contribution in [-0.2, 0) is 19.3 Å². The number of benzene rings is 3. The van der Waals surface area contributed by atoms with Crippen LogP contribution in [0.25, 0.3) is 67.5 Å². The summed E-state index contributed by atoms with van der Waals surface area (Å²) >= 11 is 6.37. The number of carbonyl (C=O) groups is 3. The van der Waals surface area contributed by atoms with E-state index in [2.05, 4.69) is 44.7 Å². The van der Waals surface area contributed by atoms with E-state index in [1.54, 1.807) is 73.6 Å². The summed E-state index contributed by atoms with van der Waals surface area (Å²) in [4.78, 5) is 76.4. The van der Waals surface area contributed by atoms with Crippen LogP contribution in [0.3, 0.4) is 0 Å². The fourth-order valence-electron chi connectivity index (χ4n) is 8.08. The number of aryl methyl sites for hydroxylation is 1. The fraction of sp³-hybridized carbons (Fsp3) is 0.224. The van der Waals surface area contributed by atoms with E-state index in [1.807, 2.05) is 84.4 Å². The quantitative estimate of drug-likeness (QED) is 0.0468. The Labute approximate surface area is 455 Å². The molecule has 0 saturated carbocycles. The van der Waals surface area contributed by atoms with E-state index in [0.717, 1.165) is 95.1 Å². The SMILES string of the molecule is CN(C)CCc1nc(-c2ccncc2)c(-c2cc(C(=O)O)ccc2Cl)[nH]1.CN(C)CCc1nc(-c2ccncc2)c(-c2cc(C(=O)O)ccc2F)[nH]1.Cc1ccc(C(=O)O)cc1-c1[nH]c(CCN(C)C)nc1-c1ccncc1. The number of halogens is 2. The van der Waals surface area contributed by atoms with Crippen LogP contribution < -0.4 is 0 Å². The molecule has 402 valence electrons. The largest absolute Gasteiger partial charge is 0.478 e. The van der Waals surface area contributed by atoms with Gasteiger partial charge in [-0.2, -0.15) is 0 Å². The molecule has 0 aliphatic carbocycles. The van der Waals surface area contributed by atoms with Gasteiger partial charge in [0.05, 0.1) is 55.9 Å². The smallest absolute Gasteiger partial charge is 0.335 e. The summed E-state index contributed by atoms with van der Waals surface area (Å²) in [5.74, 6) is -1.15. The zero-order valence-electron chi connectivity index (χ0n) is 44.2. The second-order valence-electron chi connectivity index (χ2n) is 18.9. The van der Waals surface area contributed by atoms with Crippen LogP contribution in [0.4, 0.5) is 4.39 Å². The number of aromatic amines is 3. The second kappa shape index (κ2) is 26.3. The molecule has 0 saturated heterocycles. The molecule has 3 aromatic carbocycles. The number of carboxylic acid groups (broad SMARTS) is 3. The average molecular weight is 1080 g/mol. The number of likely N-dealkylation sites (N-methyl/N-ethyl adjacent to an activating group) is 3. The first kappa shape index (κ1) is 57.0. The number of pyridine rings is 3. The highest BCUT2D eigenvalue weighted by Gasteiger charge is 2.22. The first-order chi connectivity index (χ1) is 37.4. The lowest BCUT2D eigenvalue weighted by atomic mass is 9.99. The Morgan fingerprint density at radius 2 is 0.795 bits per heavy atom. The third kappa shape index (κ3) is 14.8. The molecule has 0 aliphatic rings. The van der Waals surface area contributed by atoms with Gasteiger partial charge in [0.1, 0.15) is 23.3 Å². The molecular formula is C58H60ClFN12O6. The molecule has 0 unspecified atom stereocenters. The van der Waals surface area contributed by atoms with Crippen LogP contribution in [0.15, 0.2) is 128 Å². The lowest BCUT2D eigenvalue weighted by Gasteiger charge is -2.08. The number of aromatic nitrogens is 9. The maximum absolute atomic E-state index is 14.5. The van der Waals surface area contributed by atoms with E-state index in [0.29, 0.717) is 39.9 Å². The molecule has 0 amide bonds. The summed E-state index contributed by atoms with van der Waals surface area (Å²) in [6.45, 7) is 4.46. The van der Waals surface area contributed by atoms with Crippen molar-refractivity contribution in [2.75, 3.05) is 61.9 Å². The van der Waals surface area contributed by atoms with Gasteiger partial charge in [0, 0.05) is 109 Å². The van der Waals surface area contributed by atoms with E-state index in [4.69, 9.17) is 21.6 Å². The zero-order valence-corrected chi connectivity index (χ0v) is 45.0. The van der Waals surface area contributed by atoms with Gasteiger partial charge < -0.3 is 45.0 Å². The lowest BCUT2D eigenvalue weighted by Crippen LogP contribution is -2.15. The van der Waals surface area contributed by atoms with Crippen molar-refractivity contribution >= 4 is 29.5 Å². The summed E-state index contributed by atoms with van der Waals surface area (Å²) in [6, 6.07) is 24.7. The van der Waals surface area contributed by atoms with Gasteiger partial charge in [0.25, 0.3) is 0 Å². The van der Waals surface area contributed by atoms with E-state index in [1.165, 1.54) is 18.2 Å². The van der Waals surface area contributed by atoms with Crippen molar-refractivity contribution in [3.63, 3.8) is 0 Å². The average Bonchev–Trinajstić information content (AvgIpc) is 4.20. The van der Waals surface area contributed by atoms with Crippen molar-refractivity contribution in [1.29, 1.82) is 0 Å². The maximum atomic E-state index is 14.5. The predicted octanol–water partition coefficient (Wildman–Crippen LogP) is 9.92. The van der Waals surface area contributed by atoms with Crippen LogP contribution in [0.1, 0.15) is 54.1 Å². The highest BCUT2D eigenvalue weighted by atomic mass is 35.5. The summed E-state index contributed by atoms with van der Waals surface area (Å²) in [5.41, 5.74) is 9.82. The molecule has 6 heterocycles. The molecule has 9 rings (SSSR count). The van der Waals surface area contributed by atoms with E-state index < -0.39 is 23.7 Å². The molecule has 0 radical (unpaired) electrons. The van der Waals surface area contributed by atoms with Crippen molar-refractivity contribution in [2.45, 2.75) is 26.2 Å². The Balaban J connectivity index is 0.000000170. The highest BCUT2D eigenvalue weighted by Crippen LogP contribution is 2.37. The number of carboxylic acids is 3. The Morgan fingerprint density at radius 3 is 1.17 bits per heavy atom. The minimum atomic E-state index is -1.11. The van der Waals surface area contributed by atoms with Crippen LogP contribution >= 0.6 is 11.6 Å². The fourth-order valence-corrected chi connectivity index (χ4v) is 8.29. The lowest BCUT2D eigenvalue weighted by molar-refractivity contribution is 0.0686. The van der Waals surface area contributed by atoms with Crippen LogP contribution in [0.2, 0.25) is 5.02 Å². The van der Waals surface area contributed by atoms with Gasteiger partial charge in [-0.3, -0.25) is 15.0 Å². The Kier molecular flexibility index (Phi) is 19.2. The summed E-state index contributed by atoms with van der Waals surface area (Å²) in [6.07, 6.45) is 12.3. The molecule has 0 bridgehead atoms. The summed E-state index contributed by atoms with van der Waals surface area (Å²) in [7, 11) is 12.0. The number of aromatic carboxylic acids is 3. The number of nitrogens with zero attached hydrogens (tertiary/aromatic N) is 9. The standard InChI is InChI=1S/C20H22N4O2.C19H19ClN4O2.C19H19FN4O2/c1-13-4-5-15(20(25)26)12-16(13)19-18(14-6-9-21-10-7-14)22-17(23-19)8-11-24(2)3;2*1-24(2)10-7-16-22-17(12-5-8-21-9-6-12)18(23-16)14-11-13(19(25)26)3-4-15(14)20/h4-7,9-10,12H,8,11H2,1-3H3,(H,22,23)(H,25,26);2*3-6,8-9,11H,7,10H2,1-2H3,(H,22,23)(H,25,26). The highest BCUT2D eigenvalue weighted by molar-refractivity contribution is 6.33. The van der Waals surface area contributed by atoms with Crippen LogP contribution in [-0.4, -0.2) is 155 Å². The number of H-pyrrole nitrogens is 3. The Bertz CT molecular complexity index is 3130. The summed E-state index contributed by atoms with van der Waals surface area (Å²) < 4.78 is 14.5. The zero-order chi connectivity index (χ0) is 56.0. The van der Waals surface area contributed by atoms with Crippen LogP contribution in [0.5, 0.6) is 0 Å². The first-order valence-electron chi connectivity index (χ1n) is 24.7. The van der Waals surface area contributed by atoms with E-state index in [9.17, 15) is 34.1 Å². The second-order valence-corrected chi connectivity index (χ2v) is 19.3. The molecule has 0 aliphatic heterocycles. The molecule has 78 heavy (non-hydrogen) atoms. The topological polar surface area (TPSA) is 246 Å². The molecule has 6 aromatic heterocycles. The van der Waals surface area contributed by atoms with Gasteiger partial charge in [-0.15, -0.1) is 0 Å². The van der Waals surface area contributed by atoms with Gasteiger partial charge >= 0.3 is 17.9 Å². The first-order valence-corrected chi connectivity index (χ1v) is 25.1. The third-order valence-electron chi connectivity index (χ3n) is 12.2. The van der Waals surface area contributed by atoms with E-state index >= 15 is 0 Å². The van der Waals surface area contributed by atoms with Gasteiger partial charge in [-0.1, -0.05) is 17.7 Å². The van der Waals surface area contributed by atoms with Crippen molar-refractivity contribution in [2.24, 2.45) is 0 Å². The molecule has 0 spiro atoms. The molecule has 18 nitrogen and oxygen atoms in total. The molecule has 0 fully saturated rings. The number of imidazole rings is 3. The maximum Gasteiger partial charge on any atom is 0.335 e. The Morgan fingerprint density at radius 1 is 0.474 bits per heavy atom. The number of hydrogen-bond donors (Lipinski definition) is 6. The van der Waals surface area contributed by atoms with Crippen molar-refractivity contribution in [1.82, 2.24) is 59.6 Å². The van der Waals surface area contributed by atoms with Crippen molar-refractivity contribution < 1.29 is 34.1 Å². The van der Waals surface area contributed by atoms with Gasteiger partial charge in [0.15, 0.2) is 0 Å². The normalized spacial score (nSPS) is 11.1. The summed E-state index contributed by atoms with van der Waals surface area (Å²) in [5, 5.41) is 28.3. The molecule has 6 N–H and O–H groups in total. The van der Waals surface area contributed by atoms with E-state index in [-0.39, 0.29) is 22.3 Å². The van der Waals surface area contributed by atoms with Gasteiger partial charge in [0.2, 0.25) is 0 Å². The minimum Gasteiger partial charge on any atom is -0.478 e. The molecule has 0 atom stereocenters. The van der Waals surface area contributed by atoms with Crippen molar-refractivity contribution in [3.8, 4) is 67.5 Å². The molecular weight excluding hydrogens is 1020 g/mol. The number of nitrogens with one attached hydrogen (secondary N) is 3. The van der Waals surface area contributed by atoms with Gasteiger partial charge in [-0.05, 0) is 140 Å².